The van der Waals surface area contributed by atoms with Crippen molar-refractivity contribution < 1.29 is 9.90 Å². The van der Waals surface area contributed by atoms with Crippen LogP contribution in [0.2, 0.25) is 10.0 Å². The zero-order valence-electron chi connectivity index (χ0n) is 10.8. The predicted octanol–water partition coefficient (Wildman–Crippen LogP) is 2.64. The summed E-state index contributed by atoms with van der Waals surface area (Å²) in [5.74, 6) is -0.197. The highest BCUT2D eigenvalue weighted by molar-refractivity contribution is 6.39. The largest absolute Gasteiger partial charge is 0.395 e. The van der Waals surface area contributed by atoms with Crippen molar-refractivity contribution in [3.63, 3.8) is 0 Å². The van der Waals surface area contributed by atoms with Crippen molar-refractivity contribution >= 4 is 34.8 Å². The molecule has 106 valence electrons. The van der Waals surface area contributed by atoms with Gasteiger partial charge in [-0.3, -0.25) is 9.69 Å². The van der Waals surface area contributed by atoms with Gasteiger partial charge >= 0.3 is 0 Å². The van der Waals surface area contributed by atoms with E-state index in [2.05, 4.69) is 5.32 Å². The maximum Gasteiger partial charge on any atom is 0.238 e. The van der Waals surface area contributed by atoms with Gasteiger partial charge in [-0.15, -0.1) is 0 Å². The van der Waals surface area contributed by atoms with Gasteiger partial charge in [0.05, 0.1) is 28.9 Å². The molecule has 0 radical (unpaired) electrons. The first-order valence-electron chi connectivity index (χ1n) is 6.15. The van der Waals surface area contributed by atoms with Gasteiger partial charge < -0.3 is 10.4 Å². The number of nitrogens with zero attached hydrogens (tertiary/aromatic N) is 1. The second-order valence-electron chi connectivity index (χ2n) is 4.14. The molecular formula is C13H18Cl2N2O2. The lowest BCUT2D eigenvalue weighted by molar-refractivity contribution is -0.117. The predicted molar refractivity (Wildman–Crippen MR) is 78.9 cm³/mol. The summed E-state index contributed by atoms with van der Waals surface area (Å²) in [7, 11) is 0. The fourth-order valence-electron chi connectivity index (χ4n) is 1.73. The fourth-order valence-corrected chi connectivity index (χ4v) is 2.22. The molecule has 19 heavy (non-hydrogen) atoms. The highest BCUT2D eigenvalue weighted by Gasteiger charge is 2.13. The molecule has 1 aromatic carbocycles. The van der Waals surface area contributed by atoms with Crippen LogP contribution in [0.4, 0.5) is 5.69 Å². The summed E-state index contributed by atoms with van der Waals surface area (Å²) in [4.78, 5) is 13.8. The zero-order valence-corrected chi connectivity index (χ0v) is 12.3. The Bertz CT molecular complexity index is 401. The number of aliphatic hydroxyl groups excluding tert-OH is 1. The average molecular weight is 305 g/mol. The summed E-state index contributed by atoms with van der Waals surface area (Å²) in [5.41, 5.74) is 0.427. The van der Waals surface area contributed by atoms with Crippen LogP contribution in [0.5, 0.6) is 0 Å². The number of hydrogen-bond acceptors (Lipinski definition) is 3. The van der Waals surface area contributed by atoms with Crippen molar-refractivity contribution in [1.82, 2.24) is 4.90 Å². The molecule has 4 nitrogen and oxygen atoms in total. The van der Waals surface area contributed by atoms with Gasteiger partial charge in [0.1, 0.15) is 0 Å². The molecule has 0 saturated carbocycles. The monoisotopic (exact) mass is 304 g/mol. The van der Waals surface area contributed by atoms with E-state index in [-0.39, 0.29) is 19.1 Å². The minimum Gasteiger partial charge on any atom is -0.395 e. The summed E-state index contributed by atoms with van der Waals surface area (Å²) >= 11 is 12.0. The Kier molecular flexibility index (Phi) is 7.16. The Labute approximate surface area is 123 Å². The number of carbonyl (C=O) groups excluding carboxylic acids is 1. The lowest BCUT2D eigenvalue weighted by atomic mass is 10.3. The Morgan fingerprint density at radius 1 is 1.32 bits per heavy atom. The molecular weight excluding hydrogens is 287 g/mol. The summed E-state index contributed by atoms with van der Waals surface area (Å²) in [6.07, 6.45) is 0.917. The molecule has 1 aromatic rings. The van der Waals surface area contributed by atoms with Crippen molar-refractivity contribution in [2.75, 3.05) is 31.6 Å². The lowest BCUT2D eigenvalue weighted by Crippen LogP contribution is -2.35. The third-order valence-electron chi connectivity index (χ3n) is 2.55. The van der Waals surface area contributed by atoms with Crippen molar-refractivity contribution in [2.24, 2.45) is 0 Å². The number of benzene rings is 1. The van der Waals surface area contributed by atoms with Crippen molar-refractivity contribution in [1.29, 1.82) is 0 Å². The minimum absolute atomic E-state index is 0.0279. The molecule has 6 heteroatoms. The zero-order chi connectivity index (χ0) is 14.3. The van der Waals surface area contributed by atoms with Crippen LogP contribution in [-0.4, -0.2) is 42.2 Å². The van der Waals surface area contributed by atoms with Gasteiger partial charge in [-0.1, -0.05) is 36.2 Å². The standard InChI is InChI=1S/C13H18Cl2N2O2/c1-2-6-17(7-8-18)9-12(19)16-13-10(14)4-3-5-11(13)15/h3-5,18H,2,6-9H2,1H3,(H,16,19). The molecule has 2 N–H and O–H groups in total. The summed E-state index contributed by atoms with van der Waals surface area (Å²) in [6, 6.07) is 5.05. The third-order valence-corrected chi connectivity index (χ3v) is 3.18. The normalized spacial score (nSPS) is 10.8. The first-order valence-corrected chi connectivity index (χ1v) is 6.91. The highest BCUT2D eigenvalue weighted by Crippen LogP contribution is 2.29. The van der Waals surface area contributed by atoms with E-state index in [1.54, 1.807) is 18.2 Å². The van der Waals surface area contributed by atoms with E-state index >= 15 is 0 Å². The van der Waals surface area contributed by atoms with E-state index in [1.807, 2.05) is 11.8 Å². The minimum atomic E-state index is -0.197. The van der Waals surface area contributed by atoms with Crippen LogP contribution in [0.15, 0.2) is 18.2 Å². The number of nitrogens with one attached hydrogen (secondary N) is 1. The van der Waals surface area contributed by atoms with Gasteiger partial charge in [-0.25, -0.2) is 0 Å². The molecule has 0 bridgehead atoms. The second kappa shape index (κ2) is 8.38. The van der Waals surface area contributed by atoms with E-state index in [0.717, 1.165) is 13.0 Å². The quantitative estimate of drug-likeness (QED) is 0.814. The number of aliphatic hydroxyl groups is 1. The van der Waals surface area contributed by atoms with Crippen molar-refractivity contribution in [3.05, 3.63) is 28.2 Å². The molecule has 0 aliphatic heterocycles. The van der Waals surface area contributed by atoms with Crippen molar-refractivity contribution in [3.8, 4) is 0 Å². The average Bonchev–Trinajstić information content (AvgIpc) is 2.35. The first-order chi connectivity index (χ1) is 9.08. The van der Waals surface area contributed by atoms with Gasteiger partial charge in [-0.05, 0) is 25.1 Å². The number of carbonyl (C=O) groups is 1. The molecule has 0 unspecified atom stereocenters. The van der Waals surface area contributed by atoms with E-state index in [4.69, 9.17) is 28.3 Å². The molecule has 0 aliphatic carbocycles. The molecule has 1 amide bonds. The number of para-hydroxylation sites is 1. The summed E-state index contributed by atoms with van der Waals surface area (Å²) in [5, 5.41) is 12.5. The fraction of sp³-hybridized carbons (Fsp3) is 0.462. The Hall–Kier alpha value is -0.810. The van der Waals surface area contributed by atoms with Crippen LogP contribution in [0.3, 0.4) is 0 Å². The lowest BCUT2D eigenvalue weighted by Gasteiger charge is -2.20. The van der Waals surface area contributed by atoms with Gasteiger partial charge in [0.25, 0.3) is 0 Å². The number of hydrogen-bond donors (Lipinski definition) is 2. The molecule has 0 heterocycles. The Morgan fingerprint density at radius 2 is 1.95 bits per heavy atom. The maximum absolute atomic E-state index is 11.9. The number of halogens is 2. The summed E-state index contributed by atoms with van der Waals surface area (Å²) < 4.78 is 0. The van der Waals surface area contributed by atoms with Gasteiger partial charge in [0.2, 0.25) is 5.91 Å². The van der Waals surface area contributed by atoms with E-state index in [1.165, 1.54) is 0 Å². The van der Waals surface area contributed by atoms with E-state index in [9.17, 15) is 4.79 Å². The number of rotatable bonds is 7. The topological polar surface area (TPSA) is 52.6 Å². The van der Waals surface area contributed by atoms with Gasteiger partial charge in [0, 0.05) is 6.54 Å². The number of anilines is 1. The molecule has 0 aromatic heterocycles. The SMILES string of the molecule is CCCN(CCO)CC(=O)Nc1c(Cl)cccc1Cl. The molecule has 1 rings (SSSR count). The Morgan fingerprint density at radius 3 is 2.47 bits per heavy atom. The molecule has 0 fully saturated rings. The van der Waals surface area contributed by atoms with Crippen LogP contribution >= 0.6 is 23.2 Å². The van der Waals surface area contributed by atoms with Gasteiger partial charge in [-0.2, -0.15) is 0 Å². The summed E-state index contributed by atoms with van der Waals surface area (Å²) in [6.45, 7) is 3.48. The third kappa shape index (κ3) is 5.37. The molecule has 0 aliphatic rings. The number of amides is 1. The van der Waals surface area contributed by atoms with Gasteiger partial charge in [0.15, 0.2) is 0 Å². The maximum atomic E-state index is 11.9. The highest BCUT2D eigenvalue weighted by atomic mass is 35.5. The molecule has 0 atom stereocenters. The Balaban J connectivity index is 2.63. The molecule has 0 spiro atoms. The van der Waals surface area contributed by atoms with Crippen LogP contribution in [0.1, 0.15) is 13.3 Å². The van der Waals surface area contributed by atoms with E-state index in [0.29, 0.717) is 22.3 Å². The van der Waals surface area contributed by atoms with E-state index < -0.39 is 0 Å². The van der Waals surface area contributed by atoms with Crippen LogP contribution in [0.25, 0.3) is 0 Å². The first kappa shape index (κ1) is 16.2. The molecule has 0 saturated heterocycles. The van der Waals surface area contributed by atoms with Crippen molar-refractivity contribution in [2.45, 2.75) is 13.3 Å². The van der Waals surface area contributed by atoms with Crippen LogP contribution in [-0.2, 0) is 4.79 Å². The second-order valence-corrected chi connectivity index (χ2v) is 4.96. The van der Waals surface area contributed by atoms with Crippen LogP contribution in [0, 0.1) is 0 Å². The van der Waals surface area contributed by atoms with Crippen LogP contribution < -0.4 is 5.32 Å². The smallest absolute Gasteiger partial charge is 0.238 e.